The molecule has 2 nitrogen and oxygen atoms in total. The topological polar surface area (TPSA) is 18.5 Å². The SMILES string of the molecule is CCCCCCCCCCCCOPOCCCCCCCCCCCC. The maximum absolute atomic E-state index is 5.60. The number of unbranched alkanes of at least 4 members (excludes halogenated alkanes) is 18. The molecule has 0 bridgehead atoms. The van der Waals surface area contributed by atoms with Crippen LogP contribution in [0.1, 0.15) is 142 Å². The third-order valence-electron chi connectivity index (χ3n) is 5.32. The zero-order valence-corrected chi connectivity index (χ0v) is 19.9. The fourth-order valence-electron chi connectivity index (χ4n) is 3.45. The Morgan fingerprint density at radius 1 is 0.370 bits per heavy atom. The van der Waals surface area contributed by atoms with Crippen molar-refractivity contribution in [1.29, 1.82) is 0 Å². The molecule has 164 valence electrons. The predicted molar refractivity (Wildman–Crippen MR) is 124 cm³/mol. The van der Waals surface area contributed by atoms with Crippen molar-refractivity contribution in [3.05, 3.63) is 0 Å². The molecule has 0 rings (SSSR count). The lowest BCUT2D eigenvalue weighted by Crippen LogP contribution is -1.90. The largest absolute Gasteiger partial charge is 0.336 e. The lowest BCUT2D eigenvalue weighted by molar-refractivity contribution is 0.256. The minimum Gasteiger partial charge on any atom is -0.336 e. The monoisotopic (exact) mass is 402 g/mol. The van der Waals surface area contributed by atoms with Crippen LogP contribution in [0.2, 0.25) is 0 Å². The molecular weight excluding hydrogens is 351 g/mol. The minimum absolute atomic E-state index is 0.256. The summed E-state index contributed by atoms with van der Waals surface area (Å²) in [5.41, 5.74) is 0. The fraction of sp³-hybridized carbons (Fsp3) is 1.00. The molecule has 0 aromatic carbocycles. The van der Waals surface area contributed by atoms with Gasteiger partial charge in [-0.1, -0.05) is 129 Å². The van der Waals surface area contributed by atoms with Crippen LogP contribution in [0.4, 0.5) is 0 Å². The first kappa shape index (κ1) is 27.4. The molecule has 0 radical (unpaired) electrons. The van der Waals surface area contributed by atoms with Gasteiger partial charge in [0, 0.05) is 0 Å². The Balaban J connectivity index is 2.95. The molecule has 0 unspecified atom stereocenters. The normalized spacial score (nSPS) is 11.3. The van der Waals surface area contributed by atoms with Crippen molar-refractivity contribution in [3.63, 3.8) is 0 Å². The predicted octanol–water partition coefficient (Wildman–Crippen LogP) is 9.37. The molecule has 0 atom stereocenters. The second-order valence-corrected chi connectivity index (χ2v) is 8.89. The van der Waals surface area contributed by atoms with Crippen LogP contribution in [-0.4, -0.2) is 13.2 Å². The van der Waals surface area contributed by atoms with Gasteiger partial charge in [0.15, 0.2) is 9.03 Å². The van der Waals surface area contributed by atoms with E-state index in [1.54, 1.807) is 0 Å². The molecule has 0 amide bonds. The van der Waals surface area contributed by atoms with E-state index in [0.29, 0.717) is 0 Å². The summed E-state index contributed by atoms with van der Waals surface area (Å²) in [6, 6.07) is 0. The standard InChI is InChI=1S/C24H51O2P/c1-3-5-7-9-11-13-15-17-19-21-23-25-27-26-24-22-20-18-16-14-12-10-8-6-4-2/h27H,3-24H2,1-2H3. The van der Waals surface area contributed by atoms with Gasteiger partial charge >= 0.3 is 0 Å². The molecule has 0 saturated heterocycles. The van der Waals surface area contributed by atoms with Gasteiger partial charge in [-0.3, -0.25) is 0 Å². The summed E-state index contributed by atoms with van der Waals surface area (Å²) in [6.07, 6.45) is 27.6. The van der Waals surface area contributed by atoms with Gasteiger partial charge in [0.2, 0.25) is 0 Å². The van der Waals surface area contributed by atoms with Gasteiger partial charge < -0.3 is 9.05 Å². The van der Waals surface area contributed by atoms with E-state index >= 15 is 0 Å². The van der Waals surface area contributed by atoms with Crippen LogP contribution in [0.5, 0.6) is 0 Å². The highest BCUT2D eigenvalue weighted by atomic mass is 31.1. The van der Waals surface area contributed by atoms with Gasteiger partial charge in [-0.25, -0.2) is 0 Å². The van der Waals surface area contributed by atoms with Crippen LogP contribution in [0, 0.1) is 0 Å². The van der Waals surface area contributed by atoms with E-state index in [2.05, 4.69) is 13.8 Å². The Labute approximate surface area is 173 Å². The van der Waals surface area contributed by atoms with Crippen LogP contribution in [-0.2, 0) is 9.05 Å². The summed E-state index contributed by atoms with van der Waals surface area (Å²) in [5, 5.41) is 0. The maximum atomic E-state index is 5.60. The Morgan fingerprint density at radius 3 is 0.926 bits per heavy atom. The molecule has 27 heavy (non-hydrogen) atoms. The molecule has 0 spiro atoms. The summed E-state index contributed by atoms with van der Waals surface area (Å²) in [6.45, 7) is 6.33. The van der Waals surface area contributed by atoms with Crippen LogP contribution in [0.15, 0.2) is 0 Å². The quantitative estimate of drug-likeness (QED) is 0.118. The molecule has 0 heterocycles. The maximum Gasteiger partial charge on any atom is 0.155 e. The van der Waals surface area contributed by atoms with E-state index in [1.807, 2.05) is 0 Å². The highest BCUT2D eigenvalue weighted by Gasteiger charge is 1.95. The van der Waals surface area contributed by atoms with Crippen molar-refractivity contribution in [2.75, 3.05) is 13.2 Å². The van der Waals surface area contributed by atoms with Gasteiger partial charge in [-0.15, -0.1) is 0 Å². The van der Waals surface area contributed by atoms with Gasteiger partial charge in [0.25, 0.3) is 0 Å². The zero-order valence-electron chi connectivity index (χ0n) is 18.9. The first-order chi connectivity index (χ1) is 13.4. The summed E-state index contributed by atoms with van der Waals surface area (Å²) in [4.78, 5) is 0. The van der Waals surface area contributed by atoms with E-state index < -0.39 is 0 Å². The highest BCUT2D eigenvalue weighted by Crippen LogP contribution is 2.17. The molecule has 0 aromatic heterocycles. The van der Waals surface area contributed by atoms with Gasteiger partial charge in [-0.05, 0) is 12.8 Å². The van der Waals surface area contributed by atoms with Crippen molar-refractivity contribution < 1.29 is 9.05 Å². The number of hydrogen-bond donors (Lipinski definition) is 0. The third-order valence-corrected chi connectivity index (χ3v) is 5.96. The second-order valence-electron chi connectivity index (χ2n) is 8.14. The summed E-state index contributed by atoms with van der Waals surface area (Å²) < 4.78 is 11.2. The molecule has 0 fully saturated rings. The molecule has 0 aliphatic rings. The second kappa shape index (κ2) is 26.4. The highest BCUT2D eigenvalue weighted by molar-refractivity contribution is 7.26. The van der Waals surface area contributed by atoms with Crippen molar-refractivity contribution in [1.82, 2.24) is 0 Å². The van der Waals surface area contributed by atoms with Gasteiger partial charge in [-0.2, -0.15) is 0 Å². The van der Waals surface area contributed by atoms with Crippen molar-refractivity contribution in [2.24, 2.45) is 0 Å². The van der Waals surface area contributed by atoms with Crippen molar-refractivity contribution in [2.45, 2.75) is 142 Å². The van der Waals surface area contributed by atoms with Crippen LogP contribution in [0.25, 0.3) is 0 Å². The zero-order chi connectivity index (χ0) is 19.7. The average Bonchev–Trinajstić information content (AvgIpc) is 2.68. The number of hydrogen-bond acceptors (Lipinski definition) is 2. The molecule has 0 saturated carbocycles. The van der Waals surface area contributed by atoms with Crippen LogP contribution in [0.3, 0.4) is 0 Å². The van der Waals surface area contributed by atoms with E-state index in [0.717, 1.165) is 13.2 Å². The fourth-order valence-corrected chi connectivity index (χ4v) is 3.99. The van der Waals surface area contributed by atoms with E-state index in [4.69, 9.17) is 9.05 Å². The number of rotatable bonds is 24. The average molecular weight is 403 g/mol. The van der Waals surface area contributed by atoms with Gasteiger partial charge in [0.1, 0.15) is 0 Å². The van der Waals surface area contributed by atoms with Crippen molar-refractivity contribution in [3.8, 4) is 0 Å². The Morgan fingerprint density at radius 2 is 0.630 bits per heavy atom. The molecule has 3 heteroatoms. The molecular formula is C24H51O2P. The van der Waals surface area contributed by atoms with E-state index in [1.165, 1.54) is 128 Å². The first-order valence-corrected chi connectivity index (χ1v) is 13.2. The smallest absolute Gasteiger partial charge is 0.155 e. The lowest BCUT2D eigenvalue weighted by Gasteiger charge is -2.06. The van der Waals surface area contributed by atoms with Crippen LogP contribution < -0.4 is 0 Å². The molecule has 0 aromatic rings. The summed E-state index contributed by atoms with van der Waals surface area (Å²) in [5.74, 6) is 0. The molecule has 0 N–H and O–H groups in total. The third kappa shape index (κ3) is 26.4. The first-order valence-electron chi connectivity index (χ1n) is 12.4. The van der Waals surface area contributed by atoms with E-state index in [9.17, 15) is 0 Å². The summed E-state index contributed by atoms with van der Waals surface area (Å²) >= 11 is 0. The lowest BCUT2D eigenvalue weighted by atomic mass is 10.1. The van der Waals surface area contributed by atoms with Crippen molar-refractivity contribution >= 4 is 9.03 Å². The van der Waals surface area contributed by atoms with Gasteiger partial charge in [0.05, 0.1) is 13.2 Å². The molecule has 0 aliphatic carbocycles. The Kier molecular flexibility index (Phi) is 26.7. The summed E-state index contributed by atoms with van der Waals surface area (Å²) in [7, 11) is 0.256. The Hall–Kier alpha value is 0.350. The van der Waals surface area contributed by atoms with E-state index in [-0.39, 0.29) is 9.03 Å². The van der Waals surface area contributed by atoms with Crippen LogP contribution >= 0.6 is 9.03 Å². The minimum atomic E-state index is 0.256. The molecule has 0 aliphatic heterocycles. The Bertz CT molecular complexity index is 225.